The number of hydrogen-bond acceptors (Lipinski definition) is 2. The number of nitrogens with one attached hydrogen (secondary N) is 1. The van der Waals surface area contributed by atoms with E-state index >= 15 is 0 Å². The molecule has 2 nitrogen and oxygen atoms in total. The lowest BCUT2D eigenvalue weighted by Gasteiger charge is -2.23. The van der Waals surface area contributed by atoms with Crippen LogP contribution in [0.15, 0.2) is 0 Å². The van der Waals surface area contributed by atoms with Crippen LogP contribution in [0.1, 0.15) is 39.5 Å². The normalized spacial score (nSPS) is 13.5. The summed E-state index contributed by atoms with van der Waals surface area (Å²) >= 11 is 0. The van der Waals surface area contributed by atoms with Gasteiger partial charge in [0.15, 0.2) is 0 Å². The first kappa shape index (κ1) is 19.5. The highest BCUT2D eigenvalue weighted by molar-refractivity contribution is 4.75. The van der Waals surface area contributed by atoms with Gasteiger partial charge in [0.25, 0.3) is 0 Å². The minimum atomic E-state index is -5.42. The third kappa shape index (κ3) is 9.41. The zero-order chi connectivity index (χ0) is 15.8. The second-order valence-corrected chi connectivity index (χ2v) is 4.86. The molecule has 20 heavy (non-hydrogen) atoms. The minimum Gasteiger partial charge on any atom is -0.361 e. The third-order valence-electron chi connectivity index (χ3n) is 2.50. The minimum absolute atomic E-state index is 0.185. The standard InChI is InChI=1S/C12H21F6NO/c1-9(2)19-7-5-3-4-6-8-20-10(11(13,14)15)12(16,17)18/h9-10,19H,3-8H2,1-2H3. The molecular weight excluding hydrogens is 288 g/mol. The van der Waals surface area contributed by atoms with Crippen molar-refractivity contribution in [1.82, 2.24) is 5.32 Å². The summed E-state index contributed by atoms with van der Waals surface area (Å²) in [7, 11) is 0. The zero-order valence-electron chi connectivity index (χ0n) is 11.6. The first-order valence-electron chi connectivity index (χ1n) is 6.53. The molecule has 0 aromatic carbocycles. The molecule has 0 saturated carbocycles. The van der Waals surface area contributed by atoms with Gasteiger partial charge in [-0.1, -0.05) is 26.7 Å². The Bertz CT molecular complexity index is 237. The van der Waals surface area contributed by atoms with Crippen LogP contribution in [0.4, 0.5) is 26.3 Å². The van der Waals surface area contributed by atoms with Gasteiger partial charge >= 0.3 is 12.4 Å². The van der Waals surface area contributed by atoms with Gasteiger partial charge in [-0.2, -0.15) is 26.3 Å². The number of ether oxygens (including phenoxy) is 1. The van der Waals surface area contributed by atoms with Crippen molar-refractivity contribution in [1.29, 1.82) is 0 Å². The highest BCUT2D eigenvalue weighted by atomic mass is 19.4. The predicted octanol–water partition coefficient (Wildman–Crippen LogP) is 4.05. The summed E-state index contributed by atoms with van der Waals surface area (Å²) in [6.45, 7) is 4.22. The van der Waals surface area contributed by atoms with E-state index in [2.05, 4.69) is 10.1 Å². The molecule has 0 unspecified atom stereocenters. The Balaban J connectivity index is 3.76. The Kier molecular flexibility index (Phi) is 8.50. The van der Waals surface area contributed by atoms with Crippen molar-refractivity contribution in [2.24, 2.45) is 0 Å². The van der Waals surface area contributed by atoms with Crippen LogP contribution in [0.5, 0.6) is 0 Å². The van der Waals surface area contributed by atoms with Crippen LogP contribution >= 0.6 is 0 Å². The molecule has 122 valence electrons. The molecule has 1 N–H and O–H groups in total. The Labute approximate surface area is 114 Å². The molecule has 0 bridgehead atoms. The van der Waals surface area contributed by atoms with Gasteiger partial charge in [0.05, 0.1) is 0 Å². The van der Waals surface area contributed by atoms with E-state index in [1.165, 1.54) is 0 Å². The van der Waals surface area contributed by atoms with Crippen LogP contribution < -0.4 is 5.32 Å². The van der Waals surface area contributed by atoms with Crippen molar-refractivity contribution >= 4 is 0 Å². The Morgan fingerprint density at radius 2 is 1.35 bits per heavy atom. The second kappa shape index (κ2) is 8.71. The number of hydrogen-bond donors (Lipinski definition) is 1. The number of rotatable bonds is 9. The monoisotopic (exact) mass is 309 g/mol. The van der Waals surface area contributed by atoms with Gasteiger partial charge in [0.2, 0.25) is 6.10 Å². The molecule has 0 rings (SSSR count). The molecule has 0 radical (unpaired) electrons. The summed E-state index contributed by atoms with van der Waals surface area (Å²) in [6, 6.07) is 0.359. The van der Waals surface area contributed by atoms with Crippen LogP contribution in [0.3, 0.4) is 0 Å². The van der Waals surface area contributed by atoms with Gasteiger partial charge in [-0.3, -0.25) is 0 Å². The number of alkyl halides is 6. The highest BCUT2D eigenvalue weighted by Crippen LogP contribution is 2.35. The summed E-state index contributed by atoms with van der Waals surface area (Å²) in [5.41, 5.74) is 0. The van der Waals surface area contributed by atoms with Crippen LogP contribution in [-0.4, -0.2) is 37.7 Å². The summed E-state index contributed by atoms with van der Waals surface area (Å²) in [5.74, 6) is 0. The molecule has 0 aliphatic heterocycles. The molecular formula is C12H21F6NO. The molecule has 0 spiro atoms. The molecule has 0 aromatic heterocycles. The van der Waals surface area contributed by atoms with E-state index in [0.29, 0.717) is 12.5 Å². The van der Waals surface area contributed by atoms with Crippen molar-refractivity contribution in [2.75, 3.05) is 13.2 Å². The molecule has 0 atom stereocenters. The maximum absolute atomic E-state index is 12.1. The van der Waals surface area contributed by atoms with Crippen LogP contribution in [-0.2, 0) is 4.74 Å². The predicted molar refractivity (Wildman–Crippen MR) is 63.5 cm³/mol. The van der Waals surface area contributed by atoms with Crippen molar-refractivity contribution < 1.29 is 31.1 Å². The van der Waals surface area contributed by atoms with E-state index in [4.69, 9.17) is 0 Å². The van der Waals surface area contributed by atoms with Gasteiger partial charge in [0, 0.05) is 12.6 Å². The van der Waals surface area contributed by atoms with Gasteiger partial charge < -0.3 is 10.1 Å². The maximum Gasteiger partial charge on any atom is 0.423 e. The van der Waals surface area contributed by atoms with Crippen molar-refractivity contribution in [3.8, 4) is 0 Å². The van der Waals surface area contributed by atoms with Gasteiger partial charge in [-0.05, 0) is 19.4 Å². The van der Waals surface area contributed by atoms with E-state index in [1.54, 1.807) is 0 Å². The fraction of sp³-hybridized carbons (Fsp3) is 1.00. The molecule has 0 saturated heterocycles. The zero-order valence-corrected chi connectivity index (χ0v) is 11.6. The summed E-state index contributed by atoms with van der Waals surface area (Å²) in [5, 5.41) is 3.17. The fourth-order valence-electron chi connectivity index (χ4n) is 1.55. The van der Waals surface area contributed by atoms with Crippen molar-refractivity contribution in [2.45, 2.75) is 64.0 Å². The quantitative estimate of drug-likeness (QED) is 0.512. The smallest absolute Gasteiger partial charge is 0.361 e. The SMILES string of the molecule is CC(C)NCCCCCCOC(C(F)(F)F)C(F)(F)F. The number of halogens is 6. The van der Waals surface area contributed by atoms with Crippen LogP contribution in [0.2, 0.25) is 0 Å². The molecule has 0 heterocycles. The Morgan fingerprint density at radius 1 is 0.850 bits per heavy atom. The van der Waals surface area contributed by atoms with Crippen LogP contribution in [0, 0.1) is 0 Å². The van der Waals surface area contributed by atoms with Gasteiger partial charge in [0.1, 0.15) is 0 Å². The van der Waals surface area contributed by atoms with E-state index in [0.717, 1.165) is 19.4 Å². The van der Waals surface area contributed by atoms with Gasteiger partial charge in [-0.15, -0.1) is 0 Å². The van der Waals surface area contributed by atoms with E-state index in [1.807, 2.05) is 13.8 Å². The average molecular weight is 309 g/mol. The average Bonchev–Trinajstić information content (AvgIpc) is 2.22. The van der Waals surface area contributed by atoms with Crippen LogP contribution in [0.25, 0.3) is 0 Å². The lowest BCUT2D eigenvalue weighted by molar-refractivity contribution is -0.321. The lowest BCUT2D eigenvalue weighted by Crippen LogP contribution is -2.44. The van der Waals surface area contributed by atoms with Crippen molar-refractivity contribution in [3.05, 3.63) is 0 Å². The largest absolute Gasteiger partial charge is 0.423 e. The maximum atomic E-state index is 12.1. The lowest BCUT2D eigenvalue weighted by atomic mass is 10.2. The first-order valence-corrected chi connectivity index (χ1v) is 6.53. The second-order valence-electron chi connectivity index (χ2n) is 4.86. The molecule has 0 amide bonds. The van der Waals surface area contributed by atoms with E-state index < -0.39 is 25.1 Å². The van der Waals surface area contributed by atoms with E-state index in [9.17, 15) is 26.3 Å². The van der Waals surface area contributed by atoms with Crippen molar-refractivity contribution in [3.63, 3.8) is 0 Å². The van der Waals surface area contributed by atoms with E-state index in [-0.39, 0.29) is 6.42 Å². The summed E-state index contributed by atoms with van der Waals surface area (Å²) in [4.78, 5) is 0. The molecule has 0 aliphatic carbocycles. The summed E-state index contributed by atoms with van der Waals surface area (Å²) in [6.07, 6.45) is -12.2. The number of unbranched alkanes of at least 4 members (excludes halogenated alkanes) is 3. The molecule has 8 heteroatoms. The summed E-state index contributed by atoms with van der Waals surface area (Å²) < 4.78 is 76.6. The highest BCUT2D eigenvalue weighted by Gasteiger charge is 2.57. The first-order chi connectivity index (χ1) is 9.05. The molecule has 0 fully saturated rings. The molecule has 0 aliphatic rings. The fourth-order valence-corrected chi connectivity index (χ4v) is 1.55. The van der Waals surface area contributed by atoms with Gasteiger partial charge in [-0.25, -0.2) is 0 Å². The molecule has 0 aromatic rings. The third-order valence-corrected chi connectivity index (χ3v) is 2.50. The Hall–Kier alpha value is -0.500. The Morgan fingerprint density at radius 3 is 1.80 bits per heavy atom. The topological polar surface area (TPSA) is 21.3 Å².